The lowest BCUT2D eigenvalue weighted by molar-refractivity contribution is -0.128. The summed E-state index contributed by atoms with van der Waals surface area (Å²) in [5.41, 5.74) is -0.382. The van der Waals surface area contributed by atoms with Crippen molar-refractivity contribution in [2.75, 3.05) is 6.54 Å². The van der Waals surface area contributed by atoms with E-state index in [9.17, 15) is 4.79 Å². The largest absolute Gasteiger partial charge is 0.350 e. The Hall–Kier alpha value is -0.100. The van der Waals surface area contributed by atoms with Crippen LogP contribution in [0.15, 0.2) is 15.9 Å². The molecule has 1 aliphatic rings. The van der Waals surface area contributed by atoms with Crippen LogP contribution in [0.25, 0.3) is 0 Å². The van der Waals surface area contributed by atoms with Crippen molar-refractivity contribution in [3.63, 3.8) is 0 Å². The fourth-order valence-electron chi connectivity index (χ4n) is 2.06. The van der Waals surface area contributed by atoms with Crippen molar-refractivity contribution in [1.82, 2.24) is 10.6 Å². The summed E-state index contributed by atoms with van der Waals surface area (Å²) in [4.78, 5) is 13.3. The van der Waals surface area contributed by atoms with E-state index in [4.69, 9.17) is 0 Å². The minimum Gasteiger partial charge on any atom is -0.350 e. The van der Waals surface area contributed by atoms with Gasteiger partial charge < -0.3 is 10.6 Å². The van der Waals surface area contributed by atoms with E-state index in [2.05, 4.69) is 26.6 Å². The fraction of sp³-hybridized carbons (Fsp3) is 0.583. The molecular weight excluding hydrogens is 336 g/mol. The van der Waals surface area contributed by atoms with Crippen LogP contribution < -0.4 is 10.6 Å². The number of nitrogens with one attached hydrogen (secondary N) is 2. The van der Waals surface area contributed by atoms with E-state index in [1.807, 2.05) is 18.4 Å². The number of hydrogen-bond donors (Lipinski definition) is 2. The van der Waals surface area contributed by atoms with Crippen LogP contribution in [0.4, 0.5) is 0 Å². The van der Waals surface area contributed by atoms with Crippen molar-refractivity contribution in [1.29, 1.82) is 0 Å². The number of piperidine rings is 1. The van der Waals surface area contributed by atoms with Gasteiger partial charge in [0.1, 0.15) is 0 Å². The van der Waals surface area contributed by atoms with E-state index in [-0.39, 0.29) is 23.9 Å². The zero-order valence-electron chi connectivity index (χ0n) is 10.3. The number of thiophene rings is 1. The van der Waals surface area contributed by atoms with Crippen molar-refractivity contribution in [3.05, 3.63) is 20.8 Å². The Morgan fingerprint density at radius 2 is 2.39 bits per heavy atom. The Kier molecular flexibility index (Phi) is 6.11. The van der Waals surface area contributed by atoms with Crippen LogP contribution in [-0.2, 0) is 11.3 Å². The van der Waals surface area contributed by atoms with Gasteiger partial charge in [-0.2, -0.15) is 0 Å². The molecule has 2 N–H and O–H groups in total. The summed E-state index contributed by atoms with van der Waals surface area (Å²) in [5.74, 6) is 0.113. The minimum atomic E-state index is -0.382. The van der Waals surface area contributed by atoms with Gasteiger partial charge in [-0.25, -0.2) is 0 Å². The second-order valence-electron chi connectivity index (χ2n) is 4.63. The minimum absolute atomic E-state index is 0. The smallest absolute Gasteiger partial charge is 0.240 e. The van der Waals surface area contributed by atoms with E-state index in [0.29, 0.717) is 6.54 Å². The average molecular weight is 354 g/mol. The molecular formula is C12H18BrClN2OS. The van der Waals surface area contributed by atoms with Crippen LogP contribution in [0.3, 0.4) is 0 Å². The monoisotopic (exact) mass is 352 g/mol. The van der Waals surface area contributed by atoms with E-state index < -0.39 is 0 Å². The highest BCUT2D eigenvalue weighted by molar-refractivity contribution is 9.10. The van der Waals surface area contributed by atoms with Crippen LogP contribution in [0.5, 0.6) is 0 Å². The first-order valence-corrected chi connectivity index (χ1v) is 7.54. The maximum atomic E-state index is 12.1. The first-order chi connectivity index (χ1) is 8.10. The molecule has 2 rings (SSSR count). The van der Waals surface area contributed by atoms with Gasteiger partial charge in [0, 0.05) is 14.7 Å². The molecule has 1 amide bonds. The third-order valence-electron chi connectivity index (χ3n) is 3.16. The SMILES string of the molecule is CC1(C(=O)NCc2cc(Br)cs2)CCCCN1.Cl. The third-order valence-corrected chi connectivity index (χ3v) is 4.86. The second kappa shape index (κ2) is 6.89. The Morgan fingerprint density at radius 1 is 1.61 bits per heavy atom. The van der Waals surface area contributed by atoms with Crippen LogP contribution in [0, 0.1) is 0 Å². The summed E-state index contributed by atoms with van der Waals surface area (Å²) in [5, 5.41) is 8.36. The predicted octanol–water partition coefficient (Wildman–Crippen LogP) is 3.08. The molecule has 0 aliphatic carbocycles. The number of rotatable bonds is 3. The Morgan fingerprint density at radius 3 is 2.94 bits per heavy atom. The lowest BCUT2D eigenvalue weighted by Gasteiger charge is -2.33. The van der Waals surface area contributed by atoms with Crippen molar-refractivity contribution in [2.45, 2.75) is 38.3 Å². The molecule has 0 radical (unpaired) electrons. The Labute approximate surface area is 126 Å². The molecule has 18 heavy (non-hydrogen) atoms. The van der Waals surface area contributed by atoms with Crippen molar-refractivity contribution in [2.24, 2.45) is 0 Å². The van der Waals surface area contributed by atoms with Gasteiger partial charge in [-0.15, -0.1) is 23.7 Å². The summed E-state index contributed by atoms with van der Waals surface area (Å²) in [7, 11) is 0. The predicted molar refractivity (Wildman–Crippen MR) is 81.4 cm³/mol. The first kappa shape index (κ1) is 16.0. The number of hydrogen-bond acceptors (Lipinski definition) is 3. The summed E-state index contributed by atoms with van der Waals surface area (Å²) in [6, 6.07) is 2.04. The molecule has 1 fully saturated rings. The highest BCUT2D eigenvalue weighted by Gasteiger charge is 2.33. The molecule has 3 nitrogen and oxygen atoms in total. The Balaban J connectivity index is 0.00000162. The third kappa shape index (κ3) is 3.95. The van der Waals surface area contributed by atoms with Crippen LogP contribution in [0.1, 0.15) is 31.1 Å². The zero-order valence-corrected chi connectivity index (χ0v) is 13.5. The fourth-order valence-corrected chi connectivity index (χ4v) is 3.45. The Bertz CT molecular complexity index is 405. The quantitative estimate of drug-likeness (QED) is 0.877. The van der Waals surface area contributed by atoms with E-state index in [1.165, 1.54) is 11.3 Å². The maximum absolute atomic E-state index is 12.1. The van der Waals surface area contributed by atoms with Gasteiger partial charge >= 0.3 is 0 Å². The summed E-state index contributed by atoms with van der Waals surface area (Å²) >= 11 is 5.07. The molecule has 1 aliphatic heterocycles. The molecule has 0 aromatic carbocycles. The number of carbonyl (C=O) groups excluding carboxylic acids is 1. The van der Waals surface area contributed by atoms with Gasteiger partial charge in [0.2, 0.25) is 5.91 Å². The molecule has 6 heteroatoms. The first-order valence-electron chi connectivity index (χ1n) is 5.86. The van der Waals surface area contributed by atoms with Crippen LogP contribution in [-0.4, -0.2) is 18.0 Å². The normalized spacial score (nSPS) is 23.2. The molecule has 0 spiro atoms. The summed E-state index contributed by atoms with van der Waals surface area (Å²) in [6.45, 7) is 3.55. The molecule has 2 heterocycles. The molecule has 1 saturated heterocycles. The van der Waals surface area contributed by atoms with Gasteiger partial charge in [-0.05, 0) is 54.7 Å². The van der Waals surface area contributed by atoms with Gasteiger partial charge in [0.05, 0.1) is 12.1 Å². The maximum Gasteiger partial charge on any atom is 0.240 e. The van der Waals surface area contributed by atoms with Gasteiger partial charge in [0.25, 0.3) is 0 Å². The van der Waals surface area contributed by atoms with E-state index in [1.54, 1.807) is 11.3 Å². The molecule has 1 aromatic rings. The average Bonchev–Trinajstić information content (AvgIpc) is 2.73. The van der Waals surface area contributed by atoms with Gasteiger partial charge in [0.15, 0.2) is 0 Å². The number of amides is 1. The van der Waals surface area contributed by atoms with Gasteiger partial charge in [-0.1, -0.05) is 0 Å². The molecule has 1 unspecified atom stereocenters. The molecule has 0 bridgehead atoms. The lowest BCUT2D eigenvalue weighted by atomic mass is 9.90. The van der Waals surface area contributed by atoms with Crippen LogP contribution >= 0.6 is 39.7 Å². The summed E-state index contributed by atoms with van der Waals surface area (Å²) in [6.07, 6.45) is 3.22. The highest BCUT2D eigenvalue weighted by atomic mass is 79.9. The number of halogens is 2. The second-order valence-corrected chi connectivity index (χ2v) is 6.54. The van der Waals surface area contributed by atoms with Crippen molar-refractivity contribution >= 4 is 45.6 Å². The molecule has 102 valence electrons. The number of carbonyl (C=O) groups is 1. The summed E-state index contributed by atoms with van der Waals surface area (Å²) < 4.78 is 1.08. The van der Waals surface area contributed by atoms with Crippen LogP contribution in [0.2, 0.25) is 0 Å². The lowest BCUT2D eigenvalue weighted by Crippen LogP contribution is -2.56. The zero-order chi connectivity index (χ0) is 12.3. The standard InChI is InChI=1S/C12H17BrN2OS.ClH/c1-12(4-2-3-5-15-12)11(16)14-7-10-6-9(13)8-17-10;/h6,8,15H,2-5,7H2,1H3,(H,14,16);1H. The molecule has 1 aromatic heterocycles. The van der Waals surface area contributed by atoms with Gasteiger partial charge in [-0.3, -0.25) is 4.79 Å². The topological polar surface area (TPSA) is 41.1 Å². The van der Waals surface area contributed by atoms with E-state index in [0.717, 1.165) is 23.9 Å². The van der Waals surface area contributed by atoms with Crippen molar-refractivity contribution in [3.8, 4) is 0 Å². The molecule has 0 saturated carbocycles. The highest BCUT2D eigenvalue weighted by Crippen LogP contribution is 2.21. The van der Waals surface area contributed by atoms with Crippen molar-refractivity contribution < 1.29 is 4.79 Å². The molecule has 1 atom stereocenters. The van der Waals surface area contributed by atoms with E-state index >= 15 is 0 Å².